The predicted molar refractivity (Wildman–Crippen MR) is 77.8 cm³/mol. The fourth-order valence-electron chi connectivity index (χ4n) is 1.72. The molecule has 0 aromatic rings. The molecule has 1 aliphatic rings. The van der Waals surface area contributed by atoms with Gasteiger partial charge in [-0.15, -0.1) is 12.4 Å². The van der Waals surface area contributed by atoms with Gasteiger partial charge in [-0.1, -0.05) is 13.8 Å². The van der Waals surface area contributed by atoms with E-state index >= 15 is 0 Å². The third kappa shape index (κ3) is 7.17. The Bertz CT molecular complexity index is 219. The van der Waals surface area contributed by atoms with Gasteiger partial charge in [-0.3, -0.25) is 4.79 Å². The molecule has 2 N–H and O–H groups in total. The van der Waals surface area contributed by atoms with E-state index in [9.17, 15) is 4.79 Å². The standard InChI is InChI=1S/C12H24N2OS.ClH/c1-10(2)5-8-16-9-12(15)14-6-3-11(13)4-7-14;/h10-11H,3-9,13H2,1-2H3;1H. The summed E-state index contributed by atoms with van der Waals surface area (Å²) in [7, 11) is 0. The van der Waals surface area contributed by atoms with E-state index in [0.29, 0.717) is 17.7 Å². The molecule has 0 radical (unpaired) electrons. The fraction of sp³-hybridized carbons (Fsp3) is 0.917. The third-order valence-corrected chi connectivity index (χ3v) is 3.93. The number of nitrogens with two attached hydrogens (primary N) is 1. The zero-order valence-electron chi connectivity index (χ0n) is 10.9. The molecular weight excluding hydrogens is 256 g/mol. The Balaban J connectivity index is 0.00000256. The van der Waals surface area contributed by atoms with Crippen LogP contribution in [-0.2, 0) is 4.79 Å². The number of carbonyl (C=O) groups is 1. The first kappa shape index (κ1) is 17.1. The monoisotopic (exact) mass is 280 g/mol. The number of hydrogen-bond donors (Lipinski definition) is 1. The molecule has 0 unspecified atom stereocenters. The number of likely N-dealkylation sites (tertiary alicyclic amines) is 1. The van der Waals surface area contributed by atoms with Crippen LogP contribution < -0.4 is 5.73 Å². The molecule has 0 aromatic carbocycles. The molecule has 1 saturated heterocycles. The maximum Gasteiger partial charge on any atom is 0.232 e. The van der Waals surface area contributed by atoms with E-state index in [1.165, 1.54) is 6.42 Å². The maximum absolute atomic E-state index is 11.8. The molecular formula is C12H25ClN2OS. The van der Waals surface area contributed by atoms with Gasteiger partial charge in [0, 0.05) is 19.1 Å². The third-order valence-electron chi connectivity index (χ3n) is 2.96. The Hall–Kier alpha value is 0.0700. The van der Waals surface area contributed by atoms with Gasteiger partial charge in [-0.2, -0.15) is 11.8 Å². The SMILES string of the molecule is CC(C)CCSCC(=O)N1CCC(N)CC1.Cl. The summed E-state index contributed by atoms with van der Waals surface area (Å²) in [5.74, 6) is 2.76. The van der Waals surface area contributed by atoms with Crippen LogP contribution in [0.2, 0.25) is 0 Å². The van der Waals surface area contributed by atoms with Crippen molar-refractivity contribution in [2.45, 2.75) is 39.2 Å². The highest BCUT2D eigenvalue weighted by Crippen LogP contribution is 2.13. The molecule has 0 aromatic heterocycles. The Labute approximate surface area is 115 Å². The molecule has 5 heteroatoms. The molecule has 0 atom stereocenters. The lowest BCUT2D eigenvalue weighted by Gasteiger charge is -2.30. The van der Waals surface area contributed by atoms with Crippen LogP contribution in [0.15, 0.2) is 0 Å². The smallest absolute Gasteiger partial charge is 0.232 e. The highest BCUT2D eigenvalue weighted by atomic mass is 35.5. The van der Waals surface area contributed by atoms with Crippen molar-refractivity contribution < 1.29 is 4.79 Å². The van der Waals surface area contributed by atoms with Crippen molar-refractivity contribution in [1.29, 1.82) is 0 Å². The van der Waals surface area contributed by atoms with Crippen molar-refractivity contribution in [2.24, 2.45) is 11.7 Å². The molecule has 1 amide bonds. The second-order valence-corrected chi connectivity index (χ2v) is 6.06. The number of nitrogens with zero attached hydrogens (tertiary/aromatic N) is 1. The largest absolute Gasteiger partial charge is 0.342 e. The molecule has 0 spiro atoms. The van der Waals surface area contributed by atoms with Gasteiger partial charge in [-0.05, 0) is 30.9 Å². The summed E-state index contributed by atoms with van der Waals surface area (Å²) >= 11 is 1.76. The first-order valence-corrected chi connectivity index (χ1v) is 7.36. The van der Waals surface area contributed by atoms with E-state index < -0.39 is 0 Å². The Morgan fingerprint density at radius 3 is 2.53 bits per heavy atom. The molecule has 3 nitrogen and oxygen atoms in total. The summed E-state index contributed by atoms with van der Waals surface area (Å²) in [5.41, 5.74) is 5.81. The summed E-state index contributed by atoms with van der Waals surface area (Å²) < 4.78 is 0. The second kappa shape index (κ2) is 9.06. The minimum Gasteiger partial charge on any atom is -0.342 e. The average molecular weight is 281 g/mol. The van der Waals surface area contributed by atoms with Gasteiger partial charge in [0.15, 0.2) is 0 Å². The van der Waals surface area contributed by atoms with Crippen molar-refractivity contribution in [3.05, 3.63) is 0 Å². The van der Waals surface area contributed by atoms with Crippen molar-refractivity contribution >= 4 is 30.1 Å². The zero-order valence-corrected chi connectivity index (χ0v) is 12.5. The molecule has 102 valence electrons. The van der Waals surface area contributed by atoms with Gasteiger partial charge in [0.2, 0.25) is 5.91 Å². The van der Waals surface area contributed by atoms with Crippen molar-refractivity contribution in [2.75, 3.05) is 24.6 Å². The van der Waals surface area contributed by atoms with Crippen LogP contribution in [0.4, 0.5) is 0 Å². The number of hydrogen-bond acceptors (Lipinski definition) is 3. The van der Waals surface area contributed by atoms with Crippen LogP contribution in [0, 0.1) is 5.92 Å². The van der Waals surface area contributed by atoms with Crippen molar-refractivity contribution in [3.63, 3.8) is 0 Å². The molecule has 1 aliphatic heterocycles. The second-order valence-electron chi connectivity index (χ2n) is 4.95. The van der Waals surface area contributed by atoms with E-state index in [1.807, 2.05) is 4.90 Å². The summed E-state index contributed by atoms with van der Waals surface area (Å²) in [6, 6.07) is 0.303. The summed E-state index contributed by atoms with van der Waals surface area (Å²) in [6.45, 7) is 6.14. The summed E-state index contributed by atoms with van der Waals surface area (Å²) in [6.07, 6.45) is 3.12. The van der Waals surface area contributed by atoms with Crippen LogP contribution in [0.25, 0.3) is 0 Å². The maximum atomic E-state index is 11.8. The molecule has 17 heavy (non-hydrogen) atoms. The van der Waals surface area contributed by atoms with E-state index in [2.05, 4.69) is 13.8 Å². The first-order valence-electron chi connectivity index (χ1n) is 6.20. The van der Waals surface area contributed by atoms with E-state index in [-0.39, 0.29) is 12.4 Å². The number of halogens is 1. The summed E-state index contributed by atoms with van der Waals surface area (Å²) in [5, 5.41) is 0. The zero-order chi connectivity index (χ0) is 12.0. The molecule has 0 aliphatic carbocycles. The quantitative estimate of drug-likeness (QED) is 0.785. The number of thioether (sulfide) groups is 1. The Morgan fingerprint density at radius 2 is 2.00 bits per heavy atom. The van der Waals surface area contributed by atoms with Gasteiger partial charge in [0.1, 0.15) is 0 Å². The van der Waals surface area contributed by atoms with Crippen molar-refractivity contribution in [1.82, 2.24) is 4.90 Å². The molecule has 1 heterocycles. The highest BCUT2D eigenvalue weighted by molar-refractivity contribution is 7.99. The highest BCUT2D eigenvalue weighted by Gasteiger charge is 2.19. The minimum absolute atomic E-state index is 0. The first-order chi connectivity index (χ1) is 7.59. The van der Waals surface area contributed by atoms with Gasteiger partial charge in [0.05, 0.1) is 5.75 Å². The molecule has 0 saturated carbocycles. The van der Waals surface area contributed by atoms with E-state index in [4.69, 9.17) is 5.73 Å². The van der Waals surface area contributed by atoms with Gasteiger partial charge in [0.25, 0.3) is 0 Å². The fourth-order valence-corrected chi connectivity index (χ4v) is 2.86. The van der Waals surface area contributed by atoms with E-state index in [1.54, 1.807) is 11.8 Å². The van der Waals surface area contributed by atoms with Crippen LogP contribution in [-0.4, -0.2) is 41.4 Å². The van der Waals surface area contributed by atoms with Gasteiger partial charge < -0.3 is 10.6 Å². The number of amides is 1. The lowest BCUT2D eigenvalue weighted by molar-refractivity contribution is -0.129. The van der Waals surface area contributed by atoms with Crippen LogP contribution in [0.3, 0.4) is 0 Å². The lowest BCUT2D eigenvalue weighted by Crippen LogP contribution is -2.43. The van der Waals surface area contributed by atoms with Crippen LogP contribution in [0.1, 0.15) is 33.1 Å². The molecule has 1 fully saturated rings. The molecule has 0 bridgehead atoms. The minimum atomic E-state index is 0. The Kier molecular flexibility index (Phi) is 9.10. The predicted octanol–water partition coefficient (Wildman–Crippen LogP) is 2.14. The number of piperidine rings is 1. The van der Waals surface area contributed by atoms with Crippen molar-refractivity contribution in [3.8, 4) is 0 Å². The lowest BCUT2D eigenvalue weighted by atomic mass is 10.1. The normalized spacial score (nSPS) is 17.1. The van der Waals surface area contributed by atoms with Gasteiger partial charge in [-0.25, -0.2) is 0 Å². The topological polar surface area (TPSA) is 46.3 Å². The Morgan fingerprint density at radius 1 is 1.41 bits per heavy atom. The average Bonchev–Trinajstić information content (AvgIpc) is 2.25. The van der Waals surface area contributed by atoms with E-state index in [0.717, 1.165) is 37.6 Å². The van der Waals surface area contributed by atoms with Crippen LogP contribution in [0.5, 0.6) is 0 Å². The van der Waals surface area contributed by atoms with Gasteiger partial charge >= 0.3 is 0 Å². The number of carbonyl (C=O) groups excluding carboxylic acids is 1. The summed E-state index contributed by atoms with van der Waals surface area (Å²) in [4.78, 5) is 13.8. The number of rotatable bonds is 5. The molecule has 1 rings (SSSR count). The van der Waals surface area contributed by atoms with Crippen LogP contribution >= 0.6 is 24.2 Å².